The molecular formula is C10H14Cl2N2O3S. The van der Waals surface area contributed by atoms with Gasteiger partial charge in [-0.05, 0) is 24.1 Å². The van der Waals surface area contributed by atoms with Crippen LogP contribution >= 0.6 is 24.0 Å². The number of benzene rings is 1. The SMILES string of the molecule is CS(=O)(=O)NC(=O)[C@H](N)Cc1cccc(Cl)c1.Cl. The van der Waals surface area contributed by atoms with Gasteiger partial charge in [-0.25, -0.2) is 8.42 Å². The molecule has 0 aliphatic carbocycles. The number of hydrogen-bond donors (Lipinski definition) is 2. The molecule has 3 N–H and O–H groups in total. The van der Waals surface area contributed by atoms with E-state index in [9.17, 15) is 13.2 Å². The minimum atomic E-state index is -3.57. The summed E-state index contributed by atoms with van der Waals surface area (Å²) in [6, 6.07) is 5.95. The van der Waals surface area contributed by atoms with E-state index in [1.54, 1.807) is 24.3 Å². The van der Waals surface area contributed by atoms with Gasteiger partial charge in [-0.3, -0.25) is 9.52 Å². The lowest BCUT2D eigenvalue weighted by Crippen LogP contribution is -2.44. The maximum Gasteiger partial charge on any atom is 0.250 e. The van der Waals surface area contributed by atoms with Crippen LogP contribution in [0, 0.1) is 0 Å². The number of sulfonamides is 1. The molecule has 0 saturated carbocycles. The summed E-state index contributed by atoms with van der Waals surface area (Å²) in [5.41, 5.74) is 6.36. The lowest BCUT2D eigenvalue weighted by Gasteiger charge is -2.11. The Morgan fingerprint density at radius 2 is 2.11 bits per heavy atom. The number of halogens is 2. The van der Waals surface area contributed by atoms with E-state index in [2.05, 4.69) is 0 Å². The number of carbonyl (C=O) groups is 1. The van der Waals surface area contributed by atoms with E-state index in [1.165, 1.54) is 0 Å². The Hall–Kier alpha value is -0.820. The third-order valence-electron chi connectivity index (χ3n) is 1.97. The molecule has 0 aliphatic rings. The average Bonchev–Trinajstić information content (AvgIpc) is 2.14. The van der Waals surface area contributed by atoms with E-state index >= 15 is 0 Å². The Labute approximate surface area is 117 Å². The van der Waals surface area contributed by atoms with Gasteiger partial charge in [0.15, 0.2) is 0 Å². The van der Waals surface area contributed by atoms with E-state index in [4.69, 9.17) is 17.3 Å². The van der Waals surface area contributed by atoms with Crippen LogP contribution < -0.4 is 10.5 Å². The van der Waals surface area contributed by atoms with Crippen molar-refractivity contribution < 1.29 is 13.2 Å². The van der Waals surface area contributed by atoms with Gasteiger partial charge < -0.3 is 5.73 Å². The molecule has 0 bridgehead atoms. The first-order valence-corrected chi connectivity index (χ1v) is 7.06. The highest BCUT2D eigenvalue weighted by molar-refractivity contribution is 7.89. The van der Waals surface area contributed by atoms with Crippen molar-refractivity contribution in [2.24, 2.45) is 5.73 Å². The first-order valence-electron chi connectivity index (χ1n) is 4.79. The molecule has 8 heteroatoms. The molecule has 0 fully saturated rings. The largest absolute Gasteiger partial charge is 0.320 e. The molecule has 0 radical (unpaired) electrons. The highest BCUT2D eigenvalue weighted by Crippen LogP contribution is 2.11. The van der Waals surface area contributed by atoms with E-state index in [0.717, 1.165) is 11.8 Å². The molecule has 0 saturated heterocycles. The first kappa shape index (κ1) is 17.2. The number of amides is 1. The quantitative estimate of drug-likeness (QED) is 0.856. The van der Waals surface area contributed by atoms with Crippen molar-refractivity contribution in [3.8, 4) is 0 Å². The molecule has 0 unspecified atom stereocenters. The van der Waals surface area contributed by atoms with Gasteiger partial charge in [0.05, 0.1) is 12.3 Å². The van der Waals surface area contributed by atoms with Crippen molar-refractivity contribution in [1.82, 2.24) is 4.72 Å². The molecule has 1 aromatic rings. The van der Waals surface area contributed by atoms with Gasteiger partial charge in [0.1, 0.15) is 0 Å². The predicted octanol–water partition coefficient (Wildman–Crippen LogP) is 0.707. The lowest BCUT2D eigenvalue weighted by molar-refractivity contribution is -0.120. The monoisotopic (exact) mass is 312 g/mol. The summed E-state index contributed by atoms with van der Waals surface area (Å²) in [6.07, 6.45) is 1.12. The Morgan fingerprint density at radius 3 is 2.61 bits per heavy atom. The Morgan fingerprint density at radius 1 is 1.50 bits per heavy atom. The molecule has 18 heavy (non-hydrogen) atoms. The van der Waals surface area contributed by atoms with Crippen LogP contribution in [0.15, 0.2) is 24.3 Å². The van der Waals surface area contributed by atoms with Gasteiger partial charge in [0, 0.05) is 5.02 Å². The topological polar surface area (TPSA) is 89.3 Å². The van der Waals surface area contributed by atoms with E-state index < -0.39 is 22.0 Å². The maximum absolute atomic E-state index is 11.4. The highest BCUT2D eigenvalue weighted by Gasteiger charge is 2.17. The van der Waals surface area contributed by atoms with Crippen molar-refractivity contribution in [2.45, 2.75) is 12.5 Å². The summed E-state index contributed by atoms with van der Waals surface area (Å²) in [4.78, 5) is 11.4. The summed E-state index contributed by atoms with van der Waals surface area (Å²) in [7, 11) is -3.57. The van der Waals surface area contributed by atoms with Crippen LogP contribution in [0.1, 0.15) is 5.56 Å². The predicted molar refractivity (Wildman–Crippen MR) is 73.4 cm³/mol. The van der Waals surface area contributed by atoms with Gasteiger partial charge >= 0.3 is 0 Å². The zero-order valence-corrected chi connectivity index (χ0v) is 12.0. The van der Waals surface area contributed by atoms with Gasteiger partial charge in [0.2, 0.25) is 10.0 Å². The van der Waals surface area contributed by atoms with Crippen LogP contribution in [0.3, 0.4) is 0 Å². The number of carbonyl (C=O) groups excluding carboxylic acids is 1. The minimum absolute atomic E-state index is 0. The van der Waals surface area contributed by atoms with E-state index in [-0.39, 0.29) is 18.8 Å². The molecule has 0 aromatic heterocycles. The van der Waals surface area contributed by atoms with Crippen LogP contribution in [0.5, 0.6) is 0 Å². The lowest BCUT2D eigenvalue weighted by atomic mass is 10.1. The van der Waals surface area contributed by atoms with Crippen LogP contribution in [-0.2, 0) is 21.2 Å². The normalized spacial score (nSPS) is 12.4. The summed E-state index contributed by atoms with van der Waals surface area (Å²) < 4.78 is 23.5. The van der Waals surface area contributed by atoms with Gasteiger partial charge in [-0.15, -0.1) is 12.4 Å². The van der Waals surface area contributed by atoms with Crippen LogP contribution in [0.2, 0.25) is 5.02 Å². The molecule has 0 heterocycles. The molecule has 1 atom stereocenters. The summed E-state index contributed by atoms with van der Waals surface area (Å²) in [5.74, 6) is -0.729. The van der Waals surface area contributed by atoms with Crippen molar-refractivity contribution >= 4 is 39.9 Å². The number of nitrogens with one attached hydrogen (secondary N) is 1. The number of rotatable bonds is 4. The van der Waals surface area contributed by atoms with E-state index in [1.807, 2.05) is 4.72 Å². The molecule has 1 rings (SSSR count). The zero-order chi connectivity index (χ0) is 13.1. The van der Waals surface area contributed by atoms with Crippen molar-refractivity contribution in [2.75, 3.05) is 6.26 Å². The zero-order valence-electron chi connectivity index (χ0n) is 9.59. The number of nitrogens with two attached hydrogens (primary N) is 1. The Kier molecular flexibility index (Phi) is 6.62. The molecule has 1 amide bonds. The fourth-order valence-corrected chi connectivity index (χ4v) is 2.00. The van der Waals surface area contributed by atoms with Crippen LogP contribution in [0.25, 0.3) is 0 Å². The summed E-state index contributed by atoms with van der Waals surface area (Å²) in [6.45, 7) is 0. The minimum Gasteiger partial charge on any atom is -0.320 e. The molecule has 102 valence electrons. The fourth-order valence-electron chi connectivity index (χ4n) is 1.27. The second-order valence-corrected chi connectivity index (χ2v) is 5.86. The molecule has 0 spiro atoms. The second-order valence-electron chi connectivity index (χ2n) is 3.68. The van der Waals surface area contributed by atoms with Crippen molar-refractivity contribution in [3.63, 3.8) is 0 Å². The highest BCUT2D eigenvalue weighted by atomic mass is 35.5. The fraction of sp³-hybridized carbons (Fsp3) is 0.300. The Bertz CT molecular complexity index is 520. The molecular weight excluding hydrogens is 299 g/mol. The standard InChI is InChI=1S/C10H13ClN2O3S.ClH/c1-17(15,16)13-10(14)9(12)6-7-3-2-4-8(11)5-7;/h2-5,9H,6,12H2,1H3,(H,13,14);1H/t9-;/m1./s1. The van der Waals surface area contributed by atoms with Crippen LogP contribution in [0.4, 0.5) is 0 Å². The second kappa shape index (κ2) is 6.94. The van der Waals surface area contributed by atoms with Crippen molar-refractivity contribution in [3.05, 3.63) is 34.9 Å². The molecule has 1 aromatic carbocycles. The summed E-state index contributed by atoms with van der Waals surface area (Å²) >= 11 is 5.78. The van der Waals surface area contributed by atoms with Gasteiger partial charge in [0.25, 0.3) is 5.91 Å². The van der Waals surface area contributed by atoms with Gasteiger partial charge in [-0.1, -0.05) is 23.7 Å². The van der Waals surface area contributed by atoms with Crippen LogP contribution in [-0.4, -0.2) is 26.6 Å². The summed E-state index contributed by atoms with van der Waals surface area (Å²) in [5, 5.41) is 0.540. The molecule has 5 nitrogen and oxygen atoms in total. The smallest absolute Gasteiger partial charge is 0.250 e. The number of hydrogen-bond acceptors (Lipinski definition) is 4. The third kappa shape index (κ3) is 6.20. The van der Waals surface area contributed by atoms with Gasteiger partial charge in [-0.2, -0.15) is 0 Å². The van der Waals surface area contributed by atoms with E-state index in [0.29, 0.717) is 5.02 Å². The third-order valence-corrected chi connectivity index (χ3v) is 2.77. The Balaban J connectivity index is 0.00000289. The first-order chi connectivity index (χ1) is 7.78. The average molecular weight is 313 g/mol. The van der Waals surface area contributed by atoms with Crippen molar-refractivity contribution in [1.29, 1.82) is 0 Å². The maximum atomic E-state index is 11.4. The molecule has 0 aliphatic heterocycles.